The zero-order valence-electron chi connectivity index (χ0n) is 16.4. The average Bonchev–Trinajstić information content (AvgIpc) is 2.34. The Morgan fingerprint density at radius 3 is 2.04 bits per heavy atom. The number of carbonyl (C=O) groups is 1. The summed E-state index contributed by atoms with van der Waals surface area (Å²) in [5.41, 5.74) is -0.344. The topological polar surface area (TPSA) is 78.0 Å². The molecule has 0 radical (unpaired) electrons. The molecule has 3 N–H and O–H groups in total. The fourth-order valence-corrected chi connectivity index (χ4v) is 2.12. The van der Waals surface area contributed by atoms with Crippen molar-refractivity contribution in [3.8, 4) is 0 Å². The largest absolute Gasteiger partial charge is 0.444 e. The zero-order valence-corrected chi connectivity index (χ0v) is 18.8. The van der Waals surface area contributed by atoms with Crippen molar-refractivity contribution in [3.63, 3.8) is 0 Å². The van der Waals surface area contributed by atoms with Gasteiger partial charge in [-0.25, -0.2) is 4.79 Å². The lowest BCUT2D eigenvalue weighted by Gasteiger charge is -2.29. The highest BCUT2D eigenvalue weighted by Crippen LogP contribution is 2.13. The molecule has 1 amide bonds. The van der Waals surface area contributed by atoms with Crippen LogP contribution in [0, 0.1) is 5.41 Å². The van der Waals surface area contributed by atoms with Gasteiger partial charge in [-0.05, 0) is 40.3 Å². The lowest BCUT2D eigenvalue weighted by molar-refractivity contribution is 0.0529. The number of carbonyl (C=O) groups excluding carboxylic acids is 1. The highest BCUT2D eigenvalue weighted by molar-refractivity contribution is 14.0. The Morgan fingerprint density at radius 1 is 1.04 bits per heavy atom. The number of hydrogen-bond donors (Lipinski definition) is 3. The molecule has 7 nitrogen and oxygen atoms in total. The van der Waals surface area contributed by atoms with E-state index in [9.17, 15) is 4.79 Å². The fourth-order valence-electron chi connectivity index (χ4n) is 2.12. The molecule has 0 aliphatic heterocycles. The molecule has 0 aliphatic carbocycles. The summed E-state index contributed by atoms with van der Waals surface area (Å²) in [4.78, 5) is 17.9. The summed E-state index contributed by atoms with van der Waals surface area (Å²) in [6.07, 6.45) is -0.408. The first-order valence-electron chi connectivity index (χ1n) is 8.01. The van der Waals surface area contributed by atoms with Crippen molar-refractivity contribution < 1.29 is 9.53 Å². The van der Waals surface area contributed by atoms with Gasteiger partial charge in [0.25, 0.3) is 0 Å². The Morgan fingerprint density at radius 2 is 1.58 bits per heavy atom. The predicted molar refractivity (Wildman–Crippen MR) is 111 cm³/mol. The van der Waals surface area contributed by atoms with Gasteiger partial charge in [-0.1, -0.05) is 13.8 Å². The third-order valence-electron chi connectivity index (χ3n) is 2.79. The van der Waals surface area contributed by atoms with E-state index < -0.39 is 11.7 Å². The van der Waals surface area contributed by atoms with Crippen molar-refractivity contribution in [1.29, 1.82) is 0 Å². The van der Waals surface area contributed by atoms with E-state index in [1.165, 1.54) is 0 Å². The normalized spacial score (nSPS) is 12.5. The predicted octanol–water partition coefficient (Wildman–Crippen LogP) is 1.88. The Kier molecular flexibility index (Phi) is 12.4. The van der Waals surface area contributed by atoms with Crippen LogP contribution >= 0.6 is 24.0 Å². The Labute approximate surface area is 164 Å². The molecule has 0 spiro atoms. The zero-order chi connectivity index (χ0) is 18.1. The molecule has 0 bridgehead atoms. The molecule has 8 heteroatoms. The van der Waals surface area contributed by atoms with Gasteiger partial charge in [0, 0.05) is 33.2 Å². The summed E-state index contributed by atoms with van der Waals surface area (Å²) in [6, 6.07) is 0. The maximum Gasteiger partial charge on any atom is 0.407 e. The van der Waals surface area contributed by atoms with Crippen molar-refractivity contribution in [2.75, 3.05) is 47.3 Å². The van der Waals surface area contributed by atoms with Gasteiger partial charge in [0.2, 0.25) is 0 Å². The molecular formula is C16H36IN5O2. The number of hydrogen-bond acceptors (Lipinski definition) is 4. The summed E-state index contributed by atoms with van der Waals surface area (Å²) in [7, 11) is 5.86. The number of nitrogens with zero attached hydrogens (tertiary/aromatic N) is 2. The highest BCUT2D eigenvalue weighted by atomic mass is 127. The molecule has 0 aromatic carbocycles. The third kappa shape index (κ3) is 14.8. The average molecular weight is 457 g/mol. The van der Waals surface area contributed by atoms with Gasteiger partial charge in [0.05, 0.1) is 0 Å². The van der Waals surface area contributed by atoms with E-state index in [-0.39, 0.29) is 29.4 Å². The van der Waals surface area contributed by atoms with Gasteiger partial charge in [0.15, 0.2) is 5.96 Å². The number of ether oxygens (including phenoxy) is 1. The fraction of sp³-hybridized carbons (Fsp3) is 0.875. The van der Waals surface area contributed by atoms with Crippen LogP contribution in [0.4, 0.5) is 4.79 Å². The SMILES string of the molecule is CN=C(NCCNC(=O)OC(C)(C)C)NCC(C)(C)CN(C)C.I. The molecule has 24 heavy (non-hydrogen) atoms. The number of halogens is 1. The van der Waals surface area contributed by atoms with Crippen LogP contribution in [0.1, 0.15) is 34.6 Å². The lowest BCUT2D eigenvalue weighted by atomic mass is 9.93. The summed E-state index contributed by atoms with van der Waals surface area (Å²) < 4.78 is 5.17. The van der Waals surface area contributed by atoms with Gasteiger partial charge in [-0.15, -0.1) is 24.0 Å². The first-order valence-corrected chi connectivity index (χ1v) is 8.01. The highest BCUT2D eigenvalue weighted by Gasteiger charge is 2.19. The molecule has 0 aliphatic rings. The molecule has 0 rings (SSSR count). The first kappa shape index (κ1) is 25.5. The molecule has 0 heterocycles. The lowest BCUT2D eigenvalue weighted by Crippen LogP contribution is -2.46. The van der Waals surface area contributed by atoms with E-state index in [2.05, 4.69) is 53.8 Å². The van der Waals surface area contributed by atoms with E-state index in [1.54, 1.807) is 7.05 Å². The van der Waals surface area contributed by atoms with Gasteiger partial charge < -0.3 is 25.6 Å². The van der Waals surface area contributed by atoms with E-state index >= 15 is 0 Å². The summed E-state index contributed by atoms with van der Waals surface area (Å²) >= 11 is 0. The third-order valence-corrected chi connectivity index (χ3v) is 2.79. The van der Waals surface area contributed by atoms with Gasteiger partial charge in [-0.3, -0.25) is 4.99 Å². The van der Waals surface area contributed by atoms with E-state index in [1.807, 2.05) is 20.8 Å². The van der Waals surface area contributed by atoms with Crippen LogP contribution < -0.4 is 16.0 Å². The summed E-state index contributed by atoms with van der Waals surface area (Å²) in [5.74, 6) is 0.725. The van der Waals surface area contributed by atoms with Crippen molar-refractivity contribution in [3.05, 3.63) is 0 Å². The minimum atomic E-state index is -0.479. The van der Waals surface area contributed by atoms with Gasteiger partial charge in [0.1, 0.15) is 5.60 Å². The first-order chi connectivity index (χ1) is 10.4. The molecule has 144 valence electrons. The molecule has 0 unspecified atom stereocenters. The molecule has 0 fully saturated rings. The maximum atomic E-state index is 11.5. The van der Waals surface area contributed by atoms with Crippen LogP contribution in [0.5, 0.6) is 0 Å². The van der Waals surface area contributed by atoms with Crippen molar-refractivity contribution in [1.82, 2.24) is 20.9 Å². The van der Waals surface area contributed by atoms with E-state index in [0.717, 1.165) is 19.0 Å². The molecule has 0 aromatic heterocycles. The number of amides is 1. The molecule has 0 atom stereocenters. The van der Waals surface area contributed by atoms with Gasteiger partial charge >= 0.3 is 6.09 Å². The number of nitrogens with one attached hydrogen (secondary N) is 3. The number of rotatable bonds is 7. The van der Waals surface area contributed by atoms with Crippen molar-refractivity contribution >= 4 is 36.0 Å². The smallest absolute Gasteiger partial charge is 0.407 e. The van der Waals surface area contributed by atoms with Crippen LogP contribution in [-0.2, 0) is 4.74 Å². The minimum absolute atomic E-state index is 0. The van der Waals surface area contributed by atoms with E-state index in [0.29, 0.717) is 13.1 Å². The second-order valence-electron chi connectivity index (χ2n) is 7.68. The second kappa shape index (κ2) is 11.7. The molecular weight excluding hydrogens is 421 g/mol. The van der Waals surface area contributed by atoms with Gasteiger partial charge in [-0.2, -0.15) is 0 Å². The monoisotopic (exact) mass is 457 g/mol. The molecule has 0 aromatic rings. The van der Waals surface area contributed by atoms with Crippen molar-refractivity contribution in [2.45, 2.75) is 40.2 Å². The number of guanidine groups is 1. The Bertz CT molecular complexity index is 392. The van der Waals surface area contributed by atoms with E-state index in [4.69, 9.17) is 4.74 Å². The van der Waals surface area contributed by atoms with Crippen LogP contribution in [0.15, 0.2) is 4.99 Å². The second-order valence-corrected chi connectivity index (χ2v) is 7.68. The van der Waals surface area contributed by atoms with Crippen LogP contribution in [0.2, 0.25) is 0 Å². The number of aliphatic imine (C=N–C) groups is 1. The maximum absolute atomic E-state index is 11.5. The van der Waals surface area contributed by atoms with Crippen LogP contribution in [-0.4, -0.2) is 69.9 Å². The summed E-state index contributed by atoms with van der Waals surface area (Å²) in [5, 5.41) is 9.18. The van der Waals surface area contributed by atoms with Crippen LogP contribution in [0.25, 0.3) is 0 Å². The Hall–Kier alpha value is -0.770. The minimum Gasteiger partial charge on any atom is -0.444 e. The van der Waals surface area contributed by atoms with Crippen molar-refractivity contribution in [2.24, 2.45) is 10.4 Å². The Balaban J connectivity index is 0. The number of alkyl carbamates (subject to hydrolysis) is 1. The standard InChI is InChI=1S/C16H35N5O2.HI/c1-15(2,3)23-14(22)19-10-9-18-13(17-6)20-11-16(4,5)12-21(7)8;/h9-12H2,1-8H3,(H,19,22)(H2,17,18,20);1H. The molecule has 0 saturated heterocycles. The summed E-state index contributed by atoms with van der Waals surface area (Å²) in [6.45, 7) is 12.8. The van der Waals surface area contributed by atoms with Crippen LogP contribution in [0.3, 0.4) is 0 Å². The molecule has 0 saturated carbocycles. The quantitative estimate of drug-likeness (QED) is 0.236.